The zero-order chi connectivity index (χ0) is 20.4. The van der Waals surface area contributed by atoms with E-state index in [0.717, 1.165) is 10.4 Å². The van der Waals surface area contributed by atoms with Gasteiger partial charge in [0.1, 0.15) is 11.6 Å². The fraction of sp³-hybridized carbons (Fsp3) is 0.130. The monoisotopic (exact) mass is 407 g/mol. The molecule has 2 heterocycles. The fourth-order valence-electron chi connectivity index (χ4n) is 3.51. The van der Waals surface area contributed by atoms with Crippen LogP contribution in [0.4, 0.5) is 4.39 Å². The SMILES string of the molecule is O=C1C(=O)N(CCc2ccccc2)C(c2cccs2)C1=C(O)c1ccc(F)cc1. The van der Waals surface area contributed by atoms with Crippen molar-refractivity contribution in [1.29, 1.82) is 0 Å². The standard InChI is InChI=1S/C23H18FNO3S/c24-17-10-8-16(9-11-17)21(26)19-20(18-7-4-14-29-18)25(23(28)22(19)27)13-12-15-5-2-1-3-6-15/h1-11,14,20,26H,12-13H2. The van der Waals surface area contributed by atoms with E-state index in [1.165, 1.54) is 40.5 Å². The van der Waals surface area contributed by atoms with E-state index in [9.17, 15) is 19.1 Å². The average molecular weight is 407 g/mol. The summed E-state index contributed by atoms with van der Waals surface area (Å²) in [5.74, 6) is -2.09. The van der Waals surface area contributed by atoms with E-state index in [2.05, 4.69) is 0 Å². The second-order valence-corrected chi connectivity index (χ2v) is 7.73. The van der Waals surface area contributed by atoms with Crippen molar-refractivity contribution >= 4 is 28.8 Å². The van der Waals surface area contributed by atoms with Crippen molar-refractivity contribution in [3.8, 4) is 0 Å². The smallest absolute Gasteiger partial charge is 0.295 e. The Morgan fingerprint density at radius 3 is 2.38 bits per heavy atom. The number of halogens is 1. The first-order valence-electron chi connectivity index (χ1n) is 9.18. The van der Waals surface area contributed by atoms with Crippen molar-refractivity contribution in [2.45, 2.75) is 12.5 Å². The van der Waals surface area contributed by atoms with E-state index in [0.29, 0.717) is 18.5 Å². The molecule has 1 aliphatic heterocycles. The number of thiophene rings is 1. The highest BCUT2D eigenvalue weighted by Gasteiger charge is 2.46. The molecule has 1 amide bonds. The van der Waals surface area contributed by atoms with Crippen LogP contribution in [0.1, 0.15) is 22.0 Å². The summed E-state index contributed by atoms with van der Waals surface area (Å²) < 4.78 is 13.3. The lowest BCUT2D eigenvalue weighted by molar-refractivity contribution is -0.139. The van der Waals surface area contributed by atoms with E-state index in [4.69, 9.17) is 0 Å². The van der Waals surface area contributed by atoms with E-state index in [1.54, 1.807) is 0 Å². The number of carbonyl (C=O) groups is 2. The number of aliphatic hydroxyl groups excluding tert-OH is 1. The molecule has 4 rings (SSSR count). The van der Waals surface area contributed by atoms with Crippen LogP contribution in [-0.4, -0.2) is 28.2 Å². The number of carbonyl (C=O) groups excluding carboxylic acids is 2. The van der Waals surface area contributed by atoms with Crippen LogP contribution in [0.15, 0.2) is 77.7 Å². The zero-order valence-electron chi connectivity index (χ0n) is 15.4. The number of amides is 1. The number of ketones is 1. The van der Waals surface area contributed by atoms with Crippen LogP contribution < -0.4 is 0 Å². The van der Waals surface area contributed by atoms with Crippen LogP contribution in [0.5, 0.6) is 0 Å². The summed E-state index contributed by atoms with van der Waals surface area (Å²) in [5, 5.41) is 12.7. The third-order valence-electron chi connectivity index (χ3n) is 4.95. The summed E-state index contributed by atoms with van der Waals surface area (Å²) >= 11 is 1.42. The van der Waals surface area contributed by atoms with Gasteiger partial charge in [-0.3, -0.25) is 9.59 Å². The van der Waals surface area contributed by atoms with Crippen molar-refractivity contribution in [2.75, 3.05) is 6.54 Å². The van der Waals surface area contributed by atoms with Gasteiger partial charge in [0.25, 0.3) is 11.7 Å². The van der Waals surface area contributed by atoms with Crippen molar-refractivity contribution in [3.05, 3.63) is 99.5 Å². The summed E-state index contributed by atoms with van der Waals surface area (Å²) in [7, 11) is 0. The van der Waals surface area contributed by atoms with Crippen LogP contribution in [0.25, 0.3) is 5.76 Å². The van der Waals surface area contributed by atoms with Gasteiger partial charge >= 0.3 is 0 Å². The molecule has 3 aromatic rings. The molecular weight excluding hydrogens is 389 g/mol. The van der Waals surface area contributed by atoms with E-state index in [-0.39, 0.29) is 11.3 Å². The number of nitrogens with zero attached hydrogens (tertiary/aromatic N) is 1. The number of rotatable bonds is 5. The zero-order valence-corrected chi connectivity index (χ0v) is 16.2. The molecule has 0 spiro atoms. The molecular formula is C23H18FNO3S. The molecule has 6 heteroatoms. The van der Waals surface area contributed by atoms with Gasteiger partial charge in [0.15, 0.2) is 0 Å². The Balaban J connectivity index is 1.74. The summed E-state index contributed by atoms with van der Waals surface area (Å²) in [6, 6.07) is 17.9. The van der Waals surface area contributed by atoms with Crippen LogP contribution in [-0.2, 0) is 16.0 Å². The maximum absolute atomic E-state index is 13.3. The number of Topliss-reactive ketones (excluding diaryl/α,β-unsaturated/α-hetero) is 1. The molecule has 1 saturated heterocycles. The second-order valence-electron chi connectivity index (χ2n) is 6.75. The van der Waals surface area contributed by atoms with Gasteiger partial charge in [-0.05, 0) is 47.7 Å². The molecule has 4 nitrogen and oxygen atoms in total. The third-order valence-corrected chi connectivity index (χ3v) is 5.88. The number of benzene rings is 2. The van der Waals surface area contributed by atoms with Crippen molar-refractivity contribution in [2.24, 2.45) is 0 Å². The molecule has 0 bridgehead atoms. The highest BCUT2D eigenvalue weighted by Crippen LogP contribution is 2.41. The normalized spacial score (nSPS) is 18.4. The third kappa shape index (κ3) is 3.71. The Kier molecular flexibility index (Phi) is 5.27. The minimum absolute atomic E-state index is 0.0390. The largest absolute Gasteiger partial charge is 0.507 e. The summed E-state index contributed by atoms with van der Waals surface area (Å²) in [6.45, 7) is 0.345. The Bertz CT molecular complexity index is 1060. The maximum Gasteiger partial charge on any atom is 0.295 e. The fourth-order valence-corrected chi connectivity index (χ4v) is 4.36. The Morgan fingerprint density at radius 2 is 1.72 bits per heavy atom. The minimum Gasteiger partial charge on any atom is -0.507 e. The van der Waals surface area contributed by atoms with Crippen molar-refractivity contribution < 1.29 is 19.1 Å². The van der Waals surface area contributed by atoms with Gasteiger partial charge in [0, 0.05) is 17.0 Å². The molecule has 0 radical (unpaired) electrons. The molecule has 2 aromatic carbocycles. The first-order chi connectivity index (χ1) is 14.1. The molecule has 1 N–H and O–H groups in total. The predicted octanol–water partition coefficient (Wildman–Crippen LogP) is 4.55. The molecule has 1 unspecified atom stereocenters. The van der Waals surface area contributed by atoms with Gasteiger partial charge in [0.05, 0.1) is 11.6 Å². The number of aliphatic hydroxyl groups is 1. The molecule has 1 aromatic heterocycles. The van der Waals surface area contributed by atoms with Crippen molar-refractivity contribution in [1.82, 2.24) is 4.90 Å². The first kappa shape index (κ1) is 19.1. The predicted molar refractivity (Wildman–Crippen MR) is 110 cm³/mol. The average Bonchev–Trinajstić information content (AvgIpc) is 3.35. The molecule has 0 aliphatic carbocycles. The van der Waals surface area contributed by atoms with Gasteiger partial charge in [-0.25, -0.2) is 4.39 Å². The van der Waals surface area contributed by atoms with E-state index >= 15 is 0 Å². The Morgan fingerprint density at radius 1 is 1.00 bits per heavy atom. The van der Waals surface area contributed by atoms with Crippen LogP contribution in [0, 0.1) is 5.82 Å². The van der Waals surface area contributed by atoms with Crippen LogP contribution >= 0.6 is 11.3 Å². The Hall–Kier alpha value is -3.25. The topological polar surface area (TPSA) is 57.6 Å². The quantitative estimate of drug-likeness (QED) is 0.383. The molecule has 1 fully saturated rings. The first-order valence-corrected chi connectivity index (χ1v) is 10.1. The summed E-state index contributed by atoms with van der Waals surface area (Å²) in [6.07, 6.45) is 0.590. The van der Waals surface area contributed by atoms with Gasteiger partial charge in [0.2, 0.25) is 0 Å². The number of likely N-dealkylation sites (tertiary alicyclic amines) is 1. The van der Waals surface area contributed by atoms with Crippen molar-refractivity contribution in [3.63, 3.8) is 0 Å². The molecule has 29 heavy (non-hydrogen) atoms. The lowest BCUT2D eigenvalue weighted by Crippen LogP contribution is -2.31. The van der Waals surface area contributed by atoms with Gasteiger partial charge in [-0.2, -0.15) is 0 Å². The van der Waals surface area contributed by atoms with Gasteiger partial charge in [-0.15, -0.1) is 11.3 Å². The summed E-state index contributed by atoms with van der Waals surface area (Å²) in [4.78, 5) is 27.9. The molecule has 1 aliphatic rings. The second kappa shape index (κ2) is 8.01. The molecule has 146 valence electrons. The van der Waals surface area contributed by atoms with Gasteiger partial charge in [-0.1, -0.05) is 36.4 Å². The van der Waals surface area contributed by atoms with Gasteiger partial charge < -0.3 is 10.0 Å². The number of hydrogen-bond acceptors (Lipinski definition) is 4. The molecule has 0 saturated carbocycles. The van der Waals surface area contributed by atoms with E-state index < -0.39 is 23.5 Å². The molecule has 1 atom stereocenters. The minimum atomic E-state index is -0.724. The summed E-state index contributed by atoms with van der Waals surface area (Å²) in [5.41, 5.74) is 1.39. The lowest BCUT2D eigenvalue weighted by atomic mass is 9.99. The van der Waals surface area contributed by atoms with Crippen LogP contribution in [0.3, 0.4) is 0 Å². The number of hydrogen-bond donors (Lipinski definition) is 1. The van der Waals surface area contributed by atoms with E-state index in [1.807, 2.05) is 47.8 Å². The maximum atomic E-state index is 13.3. The Labute approximate surface area is 171 Å². The lowest BCUT2D eigenvalue weighted by Gasteiger charge is -2.24. The van der Waals surface area contributed by atoms with Crippen LogP contribution in [0.2, 0.25) is 0 Å². The highest BCUT2D eigenvalue weighted by molar-refractivity contribution is 7.10. The highest BCUT2D eigenvalue weighted by atomic mass is 32.1.